The summed E-state index contributed by atoms with van der Waals surface area (Å²) >= 11 is 0. The highest BCUT2D eigenvalue weighted by Crippen LogP contribution is 2.15. The number of allylic oxidation sites excluding steroid dienone is 2. The van der Waals surface area contributed by atoms with Crippen LogP contribution in [-0.4, -0.2) is 12.8 Å². The Bertz CT molecular complexity index is 168. The zero-order valence-electron chi connectivity index (χ0n) is 7.67. The standard InChI is InChI=1S/C10H17N/c1-6-7-8(2)9(3)10(4)11-5/h6-7,9-10H,1,5H2,2-4H3/b8-7+. The highest BCUT2D eigenvalue weighted by molar-refractivity contribution is 5.25. The van der Waals surface area contributed by atoms with Crippen LogP contribution in [0.2, 0.25) is 0 Å². The van der Waals surface area contributed by atoms with Gasteiger partial charge in [0.2, 0.25) is 0 Å². The van der Waals surface area contributed by atoms with Crippen LogP contribution in [0, 0.1) is 5.92 Å². The number of hydrogen-bond acceptors (Lipinski definition) is 1. The van der Waals surface area contributed by atoms with Crippen molar-refractivity contribution in [2.75, 3.05) is 0 Å². The summed E-state index contributed by atoms with van der Waals surface area (Å²) < 4.78 is 0. The molecule has 0 fully saturated rings. The minimum absolute atomic E-state index is 0.297. The van der Waals surface area contributed by atoms with E-state index in [1.807, 2.05) is 12.2 Å². The third kappa shape index (κ3) is 3.17. The summed E-state index contributed by atoms with van der Waals surface area (Å²) in [5.74, 6) is 0.463. The van der Waals surface area contributed by atoms with Crippen LogP contribution in [0.4, 0.5) is 0 Å². The Morgan fingerprint density at radius 1 is 1.45 bits per heavy atom. The van der Waals surface area contributed by atoms with Gasteiger partial charge in [-0.25, -0.2) is 0 Å². The minimum atomic E-state index is 0.297. The molecule has 0 rings (SSSR count). The first-order chi connectivity index (χ1) is 5.13. The molecule has 0 heterocycles. The monoisotopic (exact) mass is 151 g/mol. The molecule has 0 aromatic rings. The van der Waals surface area contributed by atoms with Gasteiger partial charge in [0.25, 0.3) is 0 Å². The summed E-state index contributed by atoms with van der Waals surface area (Å²) in [7, 11) is 0. The van der Waals surface area contributed by atoms with Gasteiger partial charge in [0, 0.05) is 0 Å². The molecule has 62 valence electrons. The summed E-state index contributed by atoms with van der Waals surface area (Å²) in [5.41, 5.74) is 1.31. The SMILES string of the molecule is C=C/C=C(\C)C(C)C(C)N=C. The van der Waals surface area contributed by atoms with E-state index in [1.54, 1.807) is 0 Å². The third-order valence-corrected chi connectivity index (χ3v) is 2.11. The van der Waals surface area contributed by atoms with Crippen LogP contribution >= 0.6 is 0 Å². The van der Waals surface area contributed by atoms with Crippen LogP contribution in [0.1, 0.15) is 20.8 Å². The Hall–Kier alpha value is -0.850. The molecular weight excluding hydrogens is 134 g/mol. The molecule has 1 heteroatoms. The van der Waals surface area contributed by atoms with Gasteiger partial charge in [-0.2, -0.15) is 0 Å². The summed E-state index contributed by atoms with van der Waals surface area (Å²) in [4.78, 5) is 3.97. The predicted octanol–water partition coefficient (Wildman–Crippen LogP) is 2.84. The van der Waals surface area contributed by atoms with E-state index in [9.17, 15) is 0 Å². The van der Waals surface area contributed by atoms with Crippen LogP contribution in [0.3, 0.4) is 0 Å². The smallest absolute Gasteiger partial charge is 0.0526 e. The van der Waals surface area contributed by atoms with E-state index in [-0.39, 0.29) is 0 Å². The molecule has 0 N–H and O–H groups in total. The maximum atomic E-state index is 3.97. The lowest BCUT2D eigenvalue weighted by Gasteiger charge is -2.15. The topological polar surface area (TPSA) is 12.4 Å². The van der Waals surface area contributed by atoms with Gasteiger partial charge in [0.1, 0.15) is 0 Å². The van der Waals surface area contributed by atoms with E-state index in [2.05, 4.69) is 39.1 Å². The Labute approximate surface area is 69.5 Å². The van der Waals surface area contributed by atoms with Crippen molar-refractivity contribution in [2.45, 2.75) is 26.8 Å². The quantitative estimate of drug-likeness (QED) is 0.433. The summed E-state index contributed by atoms with van der Waals surface area (Å²) in [5, 5.41) is 0. The lowest BCUT2D eigenvalue weighted by molar-refractivity contribution is 0.559. The first-order valence-electron chi connectivity index (χ1n) is 3.88. The highest BCUT2D eigenvalue weighted by atomic mass is 14.7. The first-order valence-corrected chi connectivity index (χ1v) is 3.88. The molecular formula is C10H17N. The molecule has 0 aliphatic rings. The van der Waals surface area contributed by atoms with Crippen molar-refractivity contribution in [3.63, 3.8) is 0 Å². The third-order valence-electron chi connectivity index (χ3n) is 2.11. The number of nitrogens with zero attached hydrogens (tertiary/aromatic N) is 1. The van der Waals surface area contributed by atoms with Gasteiger partial charge in [0.05, 0.1) is 6.04 Å². The normalized spacial score (nSPS) is 17.2. The van der Waals surface area contributed by atoms with E-state index in [1.165, 1.54) is 5.57 Å². The zero-order valence-corrected chi connectivity index (χ0v) is 7.67. The fourth-order valence-corrected chi connectivity index (χ4v) is 0.876. The zero-order chi connectivity index (χ0) is 8.85. The van der Waals surface area contributed by atoms with Crippen molar-refractivity contribution in [3.8, 4) is 0 Å². The van der Waals surface area contributed by atoms with Gasteiger partial charge in [-0.05, 0) is 26.5 Å². The van der Waals surface area contributed by atoms with Crippen molar-refractivity contribution in [3.05, 3.63) is 24.3 Å². The molecule has 0 aliphatic carbocycles. The average molecular weight is 151 g/mol. The van der Waals surface area contributed by atoms with Crippen molar-refractivity contribution in [1.82, 2.24) is 0 Å². The predicted molar refractivity (Wildman–Crippen MR) is 52.1 cm³/mol. The Morgan fingerprint density at radius 3 is 2.36 bits per heavy atom. The molecule has 0 spiro atoms. The minimum Gasteiger partial charge on any atom is -0.297 e. The van der Waals surface area contributed by atoms with Gasteiger partial charge in [0.15, 0.2) is 0 Å². The fraction of sp³-hybridized carbons (Fsp3) is 0.500. The molecule has 2 unspecified atom stereocenters. The van der Waals surface area contributed by atoms with E-state index in [0.717, 1.165) is 0 Å². The van der Waals surface area contributed by atoms with Crippen LogP contribution in [0.15, 0.2) is 29.3 Å². The van der Waals surface area contributed by atoms with E-state index >= 15 is 0 Å². The second-order valence-electron chi connectivity index (χ2n) is 2.86. The molecule has 0 aliphatic heterocycles. The van der Waals surface area contributed by atoms with Crippen LogP contribution in [-0.2, 0) is 0 Å². The van der Waals surface area contributed by atoms with E-state index in [0.29, 0.717) is 12.0 Å². The van der Waals surface area contributed by atoms with Crippen molar-refractivity contribution in [1.29, 1.82) is 0 Å². The number of hydrogen-bond donors (Lipinski definition) is 0. The fourth-order valence-electron chi connectivity index (χ4n) is 0.876. The van der Waals surface area contributed by atoms with Crippen molar-refractivity contribution >= 4 is 6.72 Å². The average Bonchev–Trinajstić information content (AvgIpc) is 2.02. The second kappa shape index (κ2) is 4.89. The molecule has 0 radical (unpaired) electrons. The van der Waals surface area contributed by atoms with Crippen LogP contribution in [0.25, 0.3) is 0 Å². The number of rotatable bonds is 4. The van der Waals surface area contributed by atoms with Gasteiger partial charge in [-0.15, -0.1) is 0 Å². The van der Waals surface area contributed by atoms with Crippen LogP contribution < -0.4 is 0 Å². The van der Waals surface area contributed by atoms with E-state index in [4.69, 9.17) is 0 Å². The largest absolute Gasteiger partial charge is 0.297 e. The Kier molecular flexibility index (Phi) is 4.51. The lowest BCUT2D eigenvalue weighted by Crippen LogP contribution is -2.11. The molecule has 0 saturated heterocycles. The summed E-state index contributed by atoms with van der Waals surface area (Å²) in [6.45, 7) is 13.5. The maximum absolute atomic E-state index is 3.97. The lowest BCUT2D eigenvalue weighted by atomic mass is 9.95. The molecule has 0 aromatic heterocycles. The maximum Gasteiger partial charge on any atom is 0.0526 e. The molecule has 11 heavy (non-hydrogen) atoms. The molecule has 0 bridgehead atoms. The Balaban J connectivity index is 4.22. The van der Waals surface area contributed by atoms with Gasteiger partial charge in [-0.1, -0.05) is 31.2 Å². The second-order valence-corrected chi connectivity index (χ2v) is 2.86. The van der Waals surface area contributed by atoms with E-state index < -0.39 is 0 Å². The summed E-state index contributed by atoms with van der Waals surface area (Å²) in [6, 6.07) is 0.297. The molecule has 2 atom stereocenters. The molecule has 0 saturated carbocycles. The first kappa shape index (κ1) is 10.2. The van der Waals surface area contributed by atoms with Gasteiger partial charge in [-0.3, -0.25) is 4.99 Å². The van der Waals surface area contributed by atoms with Crippen molar-refractivity contribution < 1.29 is 0 Å². The van der Waals surface area contributed by atoms with Crippen LogP contribution in [0.5, 0.6) is 0 Å². The molecule has 0 amide bonds. The van der Waals surface area contributed by atoms with Crippen molar-refractivity contribution in [2.24, 2.45) is 10.9 Å². The van der Waals surface area contributed by atoms with Gasteiger partial charge < -0.3 is 0 Å². The van der Waals surface area contributed by atoms with Gasteiger partial charge >= 0.3 is 0 Å². The Morgan fingerprint density at radius 2 is 2.00 bits per heavy atom. The summed E-state index contributed by atoms with van der Waals surface area (Å²) in [6.07, 6.45) is 3.83. The molecule has 1 nitrogen and oxygen atoms in total. The molecule has 0 aromatic carbocycles. The number of aliphatic imine (C=N–C) groups is 1. The highest BCUT2D eigenvalue weighted by Gasteiger charge is 2.10.